The maximum atomic E-state index is 10.5. The van der Waals surface area contributed by atoms with Gasteiger partial charge >= 0.3 is 5.97 Å². The van der Waals surface area contributed by atoms with Gasteiger partial charge in [-0.1, -0.05) is 23.9 Å². The molecule has 0 unspecified atom stereocenters. The minimum atomic E-state index is -0.829. The standard InChI is InChI=1S/C12H9NO3S2/c14-10(15)6-17-12-13-11-7-3-1-2-4-8(7)16-5-9(11)18-12/h1-4H,5-6H2,(H,14,15). The van der Waals surface area contributed by atoms with Gasteiger partial charge in [0.1, 0.15) is 12.4 Å². The van der Waals surface area contributed by atoms with Crippen molar-refractivity contribution in [2.24, 2.45) is 0 Å². The van der Waals surface area contributed by atoms with E-state index in [1.807, 2.05) is 24.3 Å². The molecule has 0 radical (unpaired) electrons. The van der Waals surface area contributed by atoms with E-state index in [1.54, 1.807) is 0 Å². The molecule has 1 aliphatic heterocycles. The predicted molar refractivity (Wildman–Crippen MR) is 70.2 cm³/mol. The minimum Gasteiger partial charge on any atom is -0.487 e. The highest BCUT2D eigenvalue weighted by molar-refractivity contribution is 8.01. The van der Waals surface area contributed by atoms with E-state index in [-0.39, 0.29) is 5.75 Å². The number of benzene rings is 1. The molecule has 2 heterocycles. The highest BCUT2D eigenvalue weighted by atomic mass is 32.2. The fourth-order valence-corrected chi connectivity index (χ4v) is 3.59. The quantitative estimate of drug-likeness (QED) is 0.875. The number of ether oxygens (including phenoxy) is 1. The molecule has 2 aromatic rings. The molecule has 0 bridgehead atoms. The van der Waals surface area contributed by atoms with Crippen LogP contribution in [0.4, 0.5) is 0 Å². The average molecular weight is 279 g/mol. The lowest BCUT2D eigenvalue weighted by Gasteiger charge is -2.15. The number of carbonyl (C=O) groups is 1. The summed E-state index contributed by atoms with van der Waals surface area (Å²) in [5, 5.41) is 8.67. The van der Waals surface area contributed by atoms with E-state index in [4.69, 9.17) is 9.84 Å². The monoisotopic (exact) mass is 279 g/mol. The summed E-state index contributed by atoms with van der Waals surface area (Å²) in [6.07, 6.45) is 0. The lowest BCUT2D eigenvalue weighted by Crippen LogP contribution is -2.02. The minimum absolute atomic E-state index is 0.0366. The molecule has 0 spiro atoms. The first-order valence-corrected chi connectivity index (χ1v) is 7.11. The molecule has 1 N–H and O–H groups in total. The number of hydrogen-bond donors (Lipinski definition) is 1. The summed E-state index contributed by atoms with van der Waals surface area (Å²) in [6, 6.07) is 7.76. The van der Waals surface area contributed by atoms with Crippen LogP contribution in [-0.4, -0.2) is 21.8 Å². The van der Waals surface area contributed by atoms with E-state index in [1.165, 1.54) is 23.1 Å². The highest BCUT2D eigenvalue weighted by Crippen LogP contribution is 2.41. The van der Waals surface area contributed by atoms with E-state index < -0.39 is 5.97 Å². The average Bonchev–Trinajstić information content (AvgIpc) is 2.79. The molecule has 0 saturated carbocycles. The van der Waals surface area contributed by atoms with E-state index in [0.717, 1.165) is 26.2 Å². The molecule has 3 rings (SSSR count). The molecule has 4 nitrogen and oxygen atoms in total. The smallest absolute Gasteiger partial charge is 0.313 e. The van der Waals surface area contributed by atoms with Gasteiger partial charge in [0.05, 0.1) is 16.3 Å². The maximum Gasteiger partial charge on any atom is 0.313 e. The fourth-order valence-electron chi connectivity index (χ4n) is 1.76. The van der Waals surface area contributed by atoms with Gasteiger partial charge in [-0.2, -0.15) is 0 Å². The van der Waals surface area contributed by atoms with Gasteiger partial charge in [-0.05, 0) is 12.1 Å². The zero-order chi connectivity index (χ0) is 12.5. The number of rotatable bonds is 3. The van der Waals surface area contributed by atoms with Gasteiger partial charge in [-0.3, -0.25) is 4.79 Å². The third-order valence-electron chi connectivity index (χ3n) is 2.50. The van der Waals surface area contributed by atoms with Crippen molar-refractivity contribution < 1.29 is 14.6 Å². The second-order valence-electron chi connectivity index (χ2n) is 3.72. The van der Waals surface area contributed by atoms with Crippen molar-refractivity contribution in [2.45, 2.75) is 10.9 Å². The summed E-state index contributed by atoms with van der Waals surface area (Å²) >= 11 is 2.75. The third-order valence-corrected chi connectivity index (χ3v) is 4.65. The van der Waals surface area contributed by atoms with Crippen LogP contribution >= 0.6 is 23.1 Å². The molecule has 0 aliphatic carbocycles. The largest absolute Gasteiger partial charge is 0.487 e. The Kier molecular flexibility index (Phi) is 2.97. The first-order chi connectivity index (χ1) is 8.74. The van der Waals surface area contributed by atoms with Crippen LogP contribution < -0.4 is 4.74 Å². The number of carboxylic acid groups (broad SMARTS) is 1. The summed E-state index contributed by atoms with van der Waals surface area (Å²) in [5.74, 6) is 0.0458. The normalized spacial score (nSPS) is 12.4. The Bertz CT molecular complexity index is 609. The molecule has 18 heavy (non-hydrogen) atoms. The Balaban J connectivity index is 1.94. The Morgan fingerprint density at radius 3 is 3.17 bits per heavy atom. The van der Waals surface area contributed by atoms with Crippen molar-refractivity contribution in [3.8, 4) is 17.0 Å². The summed E-state index contributed by atoms with van der Waals surface area (Å²) < 4.78 is 6.41. The molecule has 1 aromatic heterocycles. The summed E-state index contributed by atoms with van der Waals surface area (Å²) in [5.41, 5.74) is 1.91. The maximum absolute atomic E-state index is 10.5. The summed E-state index contributed by atoms with van der Waals surface area (Å²) in [7, 11) is 0. The summed E-state index contributed by atoms with van der Waals surface area (Å²) in [6.45, 7) is 0.512. The zero-order valence-electron chi connectivity index (χ0n) is 9.25. The van der Waals surface area contributed by atoms with Crippen LogP contribution in [0.1, 0.15) is 4.88 Å². The van der Waals surface area contributed by atoms with Gasteiger partial charge in [-0.25, -0.2) is 4.98 Å². The lowest BCUT2D eigenvalue weighted by molar-refractivity contribution is -0.133. The molecule has 0 amide bonds. The molecule has 1 aliphatic rings. The van der Waals surface area contributed by atoms with Gasteiger partial charge in [0, 0.05) is 5.56 Å². The topological polar surface area (TPSA) is 59.4 Å². The van der Waals surface area contributed by atoms with Crippen LogP contribution in [0.25, 0.3) is 11.3 Å². The van der Waals surface area contributed by atoms with Crippen molar-refractivity contribution in [3.63, 3.8) is 0 Å². The zero-order valence-corrected chi connectivity index (χ0v) is 10.9. The van der Waals surface area contributed by atoms with Gasteiger partial charge in [0.15, 0.2) is 4.34 Å². The Labute approximate surface area is 112 Å². The molecule has 0 saturated heterocycles. The SMILES string of the molecule is O=C(O)CSc1nc2c(s1)COc1ccccc1-2. The van der Waals surface area contributed by atoms with Crippen LogP contribution in [-0.2, 0) is 11.4 Å². The van der Waals surface area contributed by atoms with Crippen molar-refractivity contribution in [2.75, 3.05) is 5.75 Å². The van der Waals surface area contributed by atoms with E-state index >= 15 is 0 Å². The van der Waals surface area contributed by atoms with Crippen molar-refractivity contribution >= 4 is 29.1 Å². The number of aliphatic carboxylic acids is 1. The lowest BCUT2D eigenvalue weighted by atomic mass is 10.1. The predicted octanol–water partition coefficient (Wildman–Crippen LogP) is 2.88. The number of nitrogens with zero attached hydrogens (tertiary/aromatic N) is 1. The van der Waals surface area contributed by atoms with Gasteiger partial charge < -0.3 is 9.84 Å². The number of thioether (sulfide) groups is 1. The number of para-hydroxylation sites is 1. The first-order valence-electron chi connectivity index (χ1n) is 5.30. The molecular weight excluding hydrogens is 270 g/mol. The third kappa shape index (κ3) is 2.09. The number of carboxylic acids is 1. The second kappa shape index (κ2) is 4.62. The van der Waals surface area contributed by atoms with Crippen LogP contribution in [0.2, 0.25) is 0 Å². The summed E-state index contributed by atoms with van der Waals surface area (Å²) in [4.78, 5) is 16.1. The number of fused-ring (bicyclic) bond motifs is 3. The van der Waals surface area contributed by atoms with Crippen molar-refractivity contribution in [1.29, 1.82) is 0 Å². The van der Waals surface area contributed by atoms with Crippen molar-refractivity contribution in [1.82, 2.24) is 4.98 Å². The van der Waals surface area contributed by atoms with Crippen molar-refractivity contribution in [3.05, 3.63) is 29.1 Å². The highest BCUT2D eigenvalue weighted by Gasteiger charge is 2.21. The number of hydrogen-bond acceptors (Lipinski definition) is 5. The van der Waals surface area contributed by atoms with Crippen LogP contribution in [0.3, 0.4) is 0 Å². The van der Waals surface area contributed by atoms with E-state index in [0.29, 0.717) is 6.61 Å². The molecule has 6 heteroatoms. The Morgan fingerprint density at radius 1 is 1.50 bits per heavy atom. The van der Waals surface area contributed by atoms with Gasteiger partial charge in [0.25, 0.3) is 0 Å². The fraction of sp³-hybridized carbons (Fsp3) is 0.167. The molecule has 1 aromatic carbocycles. The molecule has 0 atom stereocenters. The van der Waals surface area contributed by atoms with Gasteiger partial charge in [-0.15, -0.1) is 11.3 Å². The van der Waals surface area contributed by atoms with E-state index in [2.05, 4.69) is 4.98 Å². The second-order valence-corrected chi connectivity index (χ2v) is 6.02. The Morgan fingerprint density at radius 2 is 2.33 bits per heavy atom. The molecular formula is C12H9NO3S2. The molecule has 0 fully saturated rings. The Hall–Kier alpha value is -1.53. The van der Waals surface area contributed by atoms with E-state index in [9.17, 15) is 4.79 Å². The number of aromatic nitrogens is 1. The van der Waals surface area contributed by atoms with Gasteiger partial charge in [0.2, 0.25) is 0 Å². The molecule has 92 valence electrons. The first kappa shape index (κ1) is 11.6. The number of thiazole rings is 1. The van der Waals surface area contributed by atoms with Crippen LogP contribution in [0, 0.1) is 0 Å². The van der Waals surface area contributed by atoms with Crippen LogP contribution in [0.5, 0.6) is 5.75 Å². The van der Waals surface area contributed by atoms with Crippen LogP contribution in [0.15, 0.2) is 28.6 Å².